The summed E-state index contributed by atoms with van der Waals surface area (Å²) in [6, 6.07) is 1.12. The van der Waals surface area contributed by atoms with E-state index in [1.807, 2.05) is 0 Å². The monoisotopic (exact) mass is 192 g/mol. The lowest BCUT2D eigenvalue weighted by Gasteiger charge is -2.24. The summed E-state index contributed by atoms with van der Waals surface area (Å²) in [5, 5.41) is 0. The Bertz CT molecular complexity index is 79.1. The Hall–Kier alpha value is 0.400. The Morgan fingerprint density at radius 1 is 1.22 bits per heavy atom. The summed E-state index contributed by atoms with van der Waals surface area (Å²) < 4.78 is 3.08. The standard InChI is InChI=1S/C6H13BrN2/c7-9-6-3-1-5(8)2-4-6/h5-6,9H,1-4,8H2. The van der Waals surface area contributed by atoms with Crippen molar-refractivity contribution in [2.45, 2.75) is 37.8 Å². The first-order valence-electron chi connectivity index (χ1n) is 3.44. The van der Waals surface area contributed by atoms with Gasteiger partial charge in [-0.25, -0.2) is 0 Å². The first-order chi connectivity index (χ1) is 4.33. The van der Waals surface area contributed by atoms with E-state index in [2.05, 4.69) is 20.5 Å². The normalized spacial score (nSPS) is 36.7. The number of hydrogen-bond acceptors (Lipinski definition) is 2. The predicted octanol–water partition coefficient (Wildman–Crippen LogP) is 1.16. The summed E-state index contributed by atoms with van der Waals surface area (Å²) in [7, 11) is 0. The van der Waals surface area contributed by atoms with Gasteiger partial charge in [-0.1, -0.05) is 0 Å². The van der Waals surface area contributed by atoms with Crippen LogP contribution in [0.4, 0.5) is 0 Å². The summed E-state index contributed by atoms with van der Waals surface area (Å²) in [5.41, 5.74) is 5.71. The molecule has 1 aliphatic rings. The third-order valence-corrected chi connectivity index (χ3v) is 2.57. The van der Waals surface area contributed by atoms with E-state index in [1.54, 1.807) is 0 Å². The molecule has 1 saturated carbocycles. The van der Waals surface area contributed by atoms with Crippen LogP contribution in [0.25, 0.3) is 0 Å². The summed E-state index contributed by atoms with van der Waals surface area (Å²) in [6.07, 6.45) is 4.77. The molecule has 0 aliphatic heterocycles. The maximum atomic E-state index is 5.71. The van der Waals surface area contributed by atoms with Gasteiger partial charge in [0.15, 0.2) is 0 Å². The molecule has 0 spiro atoms. The topological polar surface area (TPSA) is 38.0 Å². The van der Waals surface area contributed by atoms with Crippen molar-refractivity contribution in [2.24, 2.45) is 5.73 Å². The predicted molar refractivity (Wildman–Crippen MR) is 42.3 cm³/mol. The maximum Gasteiger partial charge on any atom is 0.0176 e. The lowest BCUT2D eigenvalue weighted by molar-refractivity contribution is 0.383. The van der Waals surface area contributed by atoms with Gasteiger partial charge >= 0.3 is 0 Å². The third-order valence-electron chi connectivity index (χ3n) is 1.93. The van der Waals surface area contributed by atoms with Crippen molar-refractivity contribution in [3.63, 3.8) is 0 Å². The van der Waals surface area contributed by atoms with Crippen LogP contribution in [0.3, 0.4) is 0 Å². The second kappa shape index (κ2) is 3.54. The van der Waals surface area contributed by atoms with Crippen molar-refractivity contribution >= 4 is 16.1 Å². The van der Waals surface area contributed by atoms with Crippen molar-refractivity contribution < 1.29 is 0 Å². The van der Waals surface area contributed by atoms with Crippen LogP contribution in [0.1, 0.15) is 25.7 Å². The molecular weight excluding hydrogens is 180 g/mol. The second-order valence-corrected chi connectivity index (χ2v) is 3.18. The molecule has 0 heterocycles. The molecule has 0 aromatic heterocycles. The molecule has 0 unspecified atom stereocenters. The maximum absolute atomic E-state index is 5.71. The van der Waals surface area contributed by atoms with Crippen LogP contribution in [0.2, 0.25) is 0 Å². The Morgan fingerprint density at radius 2 is 1.78 bits per heavy atom. The van der Waals surface area contributed by atoms with E-state index in [9.17, 15) is 0 Å². The van der Waals surface area contributed by atoms with Gasteiger partial charge in [0, 0.05) is 28.2 Å². The fourth-order valence-corrected chi connectivity index (χ4v) is 1.69. The smallest absolute Gasteiger partial charge is 0.0176 e. The summed E-state index contributed by atoms with van der Waals surface area (Å²) in [4.78, 5) is 0. The minimum absolute atomic E-state index is 0.460. The second-order valence-electron chi connectivity index (χ2n) is 2.72. The number of nitrogens with two attached hydrogens (primary N) is 1. The Labute approximate surface area is 64.5 Å². The first kappa shape index (κ1) is 7.51. The molecule has 1 aliphatic carbocycles. The van der Waals surface area contributed by atoms with E-state index >= 15 is 0 Å². The van der Waals surface area contributed by atoms with E-state index < -0.39 is 0 Å². The van der Waals surface area contributed by atoms with Gasteiger partial charge in [-0.15, -0.1) is 0 Å². The molecule has 0 amide bonds. The van der Waals surface area contributed by atoms with E-state index in [-0.39, 0.29) is 0 Å². The Morgan fingerprint density at radius 3 is 2.22 bits per heavy atom. The van der Waals surface area contributed by atoms with Crippen molar-refractivity contribution in [3.8, 4) is 0 Å². The van der Waals surface area contributed by atoms with Gasteiger partial charge < -0.3 is 5.73 Å². The number of hydrogen-bond donors (Lipinski definition) is 2. The number of halogens is 1. The van der Waals surface area contributed by atoms with Crippen LogP contribution in [0.5, 0.6) is 0 Å². The first-order valence-corrected chi connectivity index (χ1v) is 4.24. The molecule has 3 N–H and O–H groups in total. The molecule has 0 saturated heterocycles. The van der Waals surface area contributed by atoms with Crippen LogP contribution >= 0.6 is 16.1 Å². The molecule has 0 bridgehead atoms. The zero-order chi connectivity index (χ0) is 6.69. The third kappa shape index (κ3) is 2.24. The van der Waals surface area contributed by atoms with Crippen molar-refractivity contribution in [1.29, 1.82) is 0 Å². The lowest BCUT2D eigenvalue weighted by atomic mass is 9.93. The zero-order valence-electron chi connectivity index (χ0n) is 5.44. The fraction of sp³-hybridized carbons (Fsp3) is 1.00. The lowest BCUT2D eigenvalue weighted by Crippen LogP contribution is -2.33. The molecule has 2 nitrogen and oxygen atoms in total. The molecule has 1 fully saturated rings. The van der Waals surface area contributed by atoms with E-state index in [0.29, 0.717) is 12.1 Å². The molecule has 54 valence electrons. The van der Waals surface area contributed by atoms with E-state index in [1.165, 1.54) is 25.7 Å². The molecule has 0 atom stereocenters. The molecule has 9 heavy (non-hydrogen) atoms. The van der Waals surface area contributed by atoms with Gasteiger partial charge in [-0.05, 0) is 25.7 Å². The highest BCUT2D eigenvalue weighted by molar-refractivity contribution is 9.08. The van der Waals surface area contributed by atoms with Crippen LogP contribution in [-0.4, -0.2) is 12.1 Å². The van der Waals surface area contributed by atoms with Crippen LogP contribution in [-0.2, 0) is 0 Å². The molecule has 0 aromatic rings. The molecule has 3 heteroatoms. The largest absolute Gasteiger partial charge is 0.328 e. The average molecular weight is 193 g/mol. The van der Waals surface area contributed by atoms with Crippen LogP contribution in [0, 0.1) is 0 Å². The zero-order valence-corrected chi connectivity index (χ0v) is 7.02. The van der Waals surface area contributed by atoms with Crippen LogP contribution < -0.4 is 10.1 Å². The molecule has 1 rings (SSSR count). The van der Waals surface area contributed by atoms with E-state index in [4.69, 9.17) is 5.73 Å². The number of nitrogens with one attached hydrogen (secondary N) is 1. The summed E-state index contributed by atoms with van der Waals surface area (Å²) in [5.74, 6) is 0. The van der Waals surface area contributed by atoms with Crippen molar-refractivity contribution in [1.82, 2.24) is 4.34 Å². The van der Waals surface area contributed by atoms with Gasteiger partial charge in [0.05, 0.1) is 0 Å². The quantitative estimate of drug-likeness (QED) is 0.613. The number of rotatable bonds is 1. The Kier molecular flexibility index (Phi) is 2.95. The molecule has 0 aromatic carbocycles. The highest BCUT2D eigenvalue weighted by atomic mass is 79.9. The highest BCUT2D eigenvalue weighted by Gasteiger charge is 2.16. The van der Waals surface area contributed by atoms with Gasteiger partial charge in [-0.3, -0.25) is 4.34 Å². The SMILES string of the molecule is NC1CCC(NBr)CC1. The van der Waals surface area contributed by atoms with Crippen LogP contribution in [0.15, 0.2) is 0 Å². The van der Waals surface area contributed by atoms with Crippen molar-refractivity contribution in [2.75, 3.05) is 0 Å². The Balaban J connectivity index is 2.18. The van der Waals surface area contributed by atoms with Gasteiger partial charge in [0.2, 0.25) is 0 Å². The van der Waals surface area contributed by atoms with Crippen molar-refractivity contribution in [3.05, 3.63) is 0 Å². The minimum atomic E-state index is 0.460. The molecule has 0 radical (unpaired) electrons. The fourth-order valence-electron chi connectivity index (χ4n) is 1.23. The summed E-state index contributed by atoms with van der Waals surface area (Å²) in [6.45, 7) is 0. The average Bonchev–Trinajstić information content (AvgIpc) is 1.90. The minimum Gasteiger partial charge on any atom is -0.328 e. The highest BCUT2D eigenvalue weighted by Crippen LogP contribution is 2.17. The molecular formula is C6H13BrN2. The van der Waals surface area contributed by atoms with E-state index in [0.717, 1.165) is 0 Å². The van der Waals surface area contributed by atoms with Gasteiger partial charge in [0.25, 0.3) is 0 Å². The van der Waals surface area contributed by atoms with Gasteiger partial charge in [0.1, 0.15) is 0 Å². The van der Waals surface area contributed by atoms with Gasteiger partial charge in [-0.2, -0.15) is 0 Å². The summed E-state index contributed by atoms with van der Waals surface area (Å²) >= 11 is 3.24.